The van der Waals surface area contributed by atoms with E-state index in [1.807, 2.05) is 51.5 Å². The van der Waals surface area contributed by atoms with Crippen LogP contribution < -0.4 is 0 Å². The zero-order valence-electron chi connectivity index (χ0n) is 14.8. The first kappa shape index (κ1) is 16.1. The molecule has 2 aromatic heterocycles. The highest BCUT2D eigenvalue weighted by Crippen LogP contribution is 2.36. The summed E-state index contributed by atoms with van der Waals surface area (Å²) in [5.74, 6) is -0.500. The minimum atomic E-state index is -0.500. The van der Waals surface area contributed by atoms with Crippen LogP contribution in [0.1, 0.15) is 11.3 Å². The van der Waals surface area contributed by atoms with Crippen LogP contribution in [0.15, 0.2) is 48.7 Å². The molecule has 0 aliphatic heterocycles. The van der Waals surface area contributed by atoms with Gasteiger partial charge >= 0.3 is 0 Å². The number of aromatic nitrogens is 3. The Morgan fingerprint density at radius 1 is 1.04 bits per heavy atom. The molecule has 4 rings (SSSR count). The molecule has 26 heavy (non-hydrogen) atoms. The van der Waals surface area contributed by atoms with Crippen LogP contribution in [0.25, 0.3) is 33.3 Å². The average Bonchev–Trinajstić information content (AvgIpc) is 3.13. The molecule has 0 aliphatic carbocycles. The number of rotatable bonds is 2. The van der Waals surface area contributed by atoms with E-state index in [0.29, 0.717) is 0 Å². The van der Waals surface area contributed by atoms with E-state index in [2.05, 4.69) is 15.7 Å². The van der Waals surface area contributed by atoms with Crippen molar-refractivity contribution in [2.24, 2.45) is 14.1 Å². The minimum absolute atomic E-state index is 0.0553. The smallest absolute Gasteiger partial charge is 0.141 e. The highest BCUT2D eigenvalue weighted by Gasteiger charge is 2.16. The summed E-state index contributed by atoms with van der Waals surface area (Å²) < 4.78 is 18.0. The summed E-state index contributed by atoms with van der Waals surface area (Å²) in [6.45, 7) is 2.02. The molecule has 5 heteroatoms. The quantitative estimate of drug-likeness (QED) is 0.535. The number of aryl methyl sites for hydroxylation is 2. The maximum atomic E-state index is 14.1. The fourth-order valence-electron chi connectivity index (χ4n) is 3.37. The van der Waals surface area contributed by atoms with E-state index in [1.165, 1.54) is 12.1 Å². The number of nitrogens with zero attached hydrogens (tertiary/aromatic N) is 4. The first-order valence-corrected chi connectivity index (χ1v) is 8.28. The maximum Gasteiger partial charge on any atom is 0.141 e. The summed E-state index contributed by atoms with van der Waals surface area (Å²) in [5.41, 5.74) is 5.82. The second-order valence-corrected chi connectivity index (χ2v) is 6.49. The molecular formula is C21H17FN4. The third-order valence-corrected chi connectivity index (χ3v) is 4.77. The Bertz CT molecular complexity index is 1190. The Hall–Kier alpha value is -3.39. The number of hydrogen-bond donors (Lipinski definition) is 0. The van der Waals surface area contributed by atoms with Gasteiger partial charge in [-0.2, -0.15) is 10.4 Å². The molecule has 2 aromatic carbocycles. The molecule has 0 fully saturated rings. The van der Waals surface area contributed by atoms with Crippen LogP contribution in [0.5, 0.6) is 0 Å². The van der Waals surface area contributed by atoms with E-state index in [1.54, 1.807) is 10.7 Å². The molecular weight excluding hydrogens is 327 g/mol. The maximum absolute atomic E-state index is 14.1. The van der Waals surface area contributed by atoms with Gasteiger partial charge in [-0.1, -0.05) is 12.1 Å². The number of halogens is 1. The highest BCUT2D eigenvalue weighted by atomic mass is 19.1. The summed E-state index contributed by atoms with van der Waals surface area (Å²) in [6.07, 6.45) is 1.98. The lowest BCUT2D eigenvalue weighted by Gasteiger charge is -2.10. The van der Waals surface area contributed by atoms with Crippen molar-refractivity contribution in [3.05, 3.63) is 65.7 Å². The van der Waals surface area contributed by atoms with Gasteiger partial charge in [0.25, 0.3) is 0 Å². The SMILES string of the molecule is Cc1cc(-c2ccc(C#N)c(F)c2)c(-c2ccc3nn(C)cc3c2)n1C. The summed E-state index contributed by atoms with van der Waals surface area (Å²) in [4.78, 5) is 0. The van der Waals surface area contributed by atoms with Crippen molar-refractivity contribution in [3.8, 4) is 28.5 Å². The molecule has 0 bridgehead atoms. The first-order chi connectivity index (χ1) is 12.5. The standard InChI is InChI=1S/C21H17FN4/c1-13-8-18(14-4-5-16(11-23)19(22)10-14)21(26(13)3)15-6-7-20-17(9-15)12-25(2)24-20/h4-10,12H,1-3H3. The highest BCUT2D eigenvalue weighted by molar-refractivity contribution is 5.89. The van der Waals surface area contributed by atoms with Crippen LogP contribution in [-0.2, 0) is 14.1 Å². The molecule has 2 heterocycles. The fraction of sp³-hybridized carbons (Fsp3) is 0.143. The Morgan fingerprint density at radius 3 is 2.54 bits per heavy atom. The van der Waals surface area contributed by atoms with Crippen molar-refractivity contribution >= 4 is 10.9 Å². The Morgan fingerprint density at radius 2 is 1.81 bits per heavy atom. The predicted molar refractivity (Wildman–Crippen MR) is 100.0 cm³/mol. The molecule has 0 aliphatic rings. The largest absolute Gasteiger partial charge is 0.347 e. The second-order valence-electron chi connectivity index (χ2n) is 6.49. The van der Waals surface area contributed by atoms with E-state index in [-0.39, 0.29) is 5.56 Å². The molecule has 0 unspecified atom stereocenters. The Balaban J connectivity index is 1.93. The van der Waals surface area contributed by atoms with Gasteiger partial charge in [-0.05, 0) is 48.4 Å². The van der Waals surface area contributed by atoms with Crippen LogP contribution in [-0.4, -0.2) is 14.3 Å². The first-order valence-electron chi connectivity index (χ1n) is 8.28. The van der Waals surface area contributed by atoms with E-state index in [0.717, 1.165) is 39.0 Å². The molecule has 0 saturated carbocycles. The van der Waals surface area contributed by atoms with Crippen LogP contribution in [0.2, 0.25) is 0 Å². The molecule has 0 radical (unpaired) electrons. The van der Waals surface area contributed by atoms with Gasteiger partial charge in [-0.3, -0.25) is 4.68 Å². The van der Waals surface area contributed by atoms with Crippen molar-refractivity contribution in [2.45, 2.75) is 6.92 Å². The molecule has 128 valence electrons. The van der Waals surface area contributed by atoms with Crippen molar-refractivity contribution in [1.29, 1.82) is 5.26 Å². The molecule has 0 atom stereocenters. The normalized spacial score (nSPS) is 11.0. The zero-order valence-corrected chi connectivity index (χ0v) is 14.8. The number of nitriles is 1. The number of hydrogen-bond acceptors (Lipinski definition) is 2. The van der Waals surface area contributed by atoms with Gasteiger partial charge in [0.1, 0.15) is 11.9 Å². The number of fused-ring (bicyclic) bond motifs is 1. The van der Waals surface area contributed by atoms with E-state index in [4.69, 9.17) is 5.26 Å². The van der Waals surface area contributed by atoms with Gasteiger partial charge in [0.15, 0.2) is 0 Å². The zero-order chi connectivity index (χ0) is 18.4. The molecule has 0 spiro atoms. The Kier molecular flexibility index (Phi) is 3.62. The van der Waals surface area contributed by atoms with E-state index < -0.39 is 5.82 Å². The lowest BCUT2D eigenvalue weighted by atomic mass is 9.99. The lowest BCUT2D eigenvalue weighted by Crippen LogP contribution is -1.95. The molecule has 0 N–H and O–H groups in total. The van der Waals surface area contributed by atoms with Crippen molar-refractivity contribution in [3.63, 3.8) is 0 Å². The Labute approximate surface area is 150 Å². The van der Waals surface area contributed by atoms with E-state index >= 15 is 0 Å². The topological polar surface area (TPSA) is 46.5 Å². The van der Waals surface area contributed by atoms with Crippen LogP contribution in [0, 0.1) is 24.1 Å². The fourth-order valence-corrected chi connectivity index (χ4v) is 3.37. The predicted octanol–water partition coefficient (Wildman–Crippen LogP) is 4.57. The van der Waals surface area contributed by atoms with Crippen LogP contribution >= 0.6 is 0 Å². The average molecular weight is 344 g/mol. The van der Waals surface area contributed by atoms with Crippen molar-refractivity contribution in [2.75, 3.05) is 0 Å². The monoisotopic (exact) mass is 344 g/mol. The van der Waals surface area contributed by atoms with Crippen LogP contribution in [0.4, 0.5) is 4.39 Å². The third-order valence-electron chi connectivity index (χ3n) is 4.77. The molecule has 4 aromatic rings. The van der Waals surface area contributed by atoms with Gasteiger partial charge in [-0.25, -0.2) is 4.39 Å². The van der Waals surface area contributed by atoms with Gasteiger partial charge in [0.05, 0.1) is 16.8 Å². The van der Waals surface area contributed by atoms with Crippen LogP contribution in [0.3, 0.4) is 0 Å². The number of benzene rings is 2. The van der Waals surface area contributed by atoms with Crippen molar-refractivity contribution in [1.82, 2.24) is 14.3 Å². The summed E-state index contributed by atoms with van der Waals surface area (Å²) in [5, 5.41) is 14.4. The molecule has 0 saturated heterocycles. The second kappa shape index (κ2) is 5.85. The van der Waals surface area contributed by atoms with Gasteiger partial charge in [-0.15, -0.1) is 0 Å². The van der Waals surface area contributed by atoms with Gasteiger partial charge in [0.2, 0.25) is 0 Å². The lowest BCUT2D eigenvalue weighted by molar-refractivity contribution is 0.624. The minimum Gasteiger partial charge on any atom is -0.347 e. The van der Waals surface area contributed by atoms with Gasteiger partial charge < -0.3 is 4.57 Å². The summed E-state index contributed by atoms with van der Waals surface area (Å²) >= 11 is 0. The molecule has 4 nitrogen and oxygen atoms in total. The third kappa shape index (κ3) is 2.47. The van der Waals surface area contributed by atoms with Gasteiger partial charge in [0, 0.05) is 36.9 Å². The summed E-state index contributed by atoms with van der Waals surface area (Å²) in [7, 11) is 3.90. The van der Waals surface area contributed by atoms with Crippen molar-refractivity contribution < 1.29 is 4.39 Å². The molecule has 0 amide bonds. The summed E-state index contributed by atoms with van der Waals surface area (Å²) in [6, 6.07) is 14.8. The van der Waals surface area contributed by atoms with E-state index in [9.17, 15) is 4.39 Å².